The van der Waals surface area contributed by atoms with Crippen molar-refractivity contribution in [2.75, 3.05) is 48.3 Å². The Hall–Kier alpha value is -8.82. The molecule has 6 aliphatic rings. The molecule has 6 fully saturated rings. The second kappa shape index (κ2) is 35.5. The van der Waals surface area contributed by atoms with Crippen LogP contribution in [0.4, 0.5) is 0 Å². The molecule has 6 saturated heterocycles. The van der Waals surface area contributed by atoms with Crippen molar-refractivity contribution in [3.05, 3.63) is 216 Å². The van der Waals surface area contributed by atoms with Crippen LogP contribution in [0.15, 0.2) is 183 Å². The van der Waals surface area contributed by atoms with Gasteiger partial charge in [0.1, 0.15) is 48.1 Å². The van der Waals surface area contributed by atoms with E-state index in [-0.39, 0.29) is 42.1 Å². The van der Waals surface area contributed by atoms with Crippen LogP contribution in [0.5, 0.6) is 11.5 Å². The summed E-state index contributed by atoms with van der Waals surface area (Å²) >= 11 is 0. The third kappa shape index (κ3) is 18.1. The van der Waals surface area contributed by atoms with Gasteiger partial charge >= 0.3 is 35.8 Å². The molecule has 0 amide bonds. The maximum atomic E-state index is 15.1. The monoisotopic (exact) mass is 1520 g/mol. The zero-order valence-electron chi connectivity index (χ0n) is 62.3. The Morgan fingerprint density at radius 1 is 0.431 bits per heavy atom. The van der Waals surface area contributed by atoms with Gasteiger partial charge in [-0.3, -0.25) is 0 Å². The highest BCUT2D eigenvalue weighted by atomic mass is 28.4. The highest BCUT2D eigenvalue weighted by Crippen LogP contribution is 2.47. The quantitative estimate of drug-likeness (QED) is 0.0223. The predicted octanol–water partition coefficient (Wildman–Crippen LogP) is 10.4. The van der Waals surface area contributed by atoms with E-state index in [0.717, 1.165) is 14.2 Å². The van der Waals surface area contributed by atoms with Gasteiger partial charge in [-0.1, -0.05) is 138 Å². The van der Waals surface area contributed by atoms with Crippen molar-refractivity contribution >= 4 is 44.1 Å². The molecule has 22 atom stereocenters. The second-order valence-corrected chi connectivity index (χ2v) is 33.2. The number of hydrogen-bond acceptors (Lipinski definition) is 27. The summed E-state index contributed by atoms with van der Waals surface area (Å²) in [7, 11) is 2.25. The Labute approximate surface area is 632 Å². The van der Waals surface area contributed by atoms with Crippen LogP contribution in [0, 0.1) is 11.8 Å². The summed E-state index contributed by atoms with van der Waals surface area (Å²) in [4.78, 5) is 89.5. The Morgan fingerprint density at radius 3 is 1.15 bits per heavy atom. The van der Waals surface area contributed by atoms with E-state index in [1.807, 2.05) is 33.9 Å². The first kappa shape index (κ1) is 79.7. The fourth-order valence-electron chi connectivity index (χ4n) is 13.5. The maximum absolute atomic E-state index is 15.1. The second-order valence-electron chi connectivity index (χ2n) is 28.5. The molecular weight excluding hydrogens is 1430 g/mol. The summed E-state index contributed by atoms with van der Waals surface area (Å²) in [6, 6.07) is 46.0. The number of carbonyl (C=O) groups is 6. The molecule has 582 valence electrons. The van der Waals surface area contributed by atoms with Crippen LogP contribution in [0.3, 0.4) is 0 Å². The molecule has 0 radical (unpaired) electrons. The van der Waals surface area contributed by atoms with Crippen LogP contribution in [0.2, 0.25) is 18.1 Å². The van der Waals surface area contributed by atoms with Crippen LogP contribution in [-0.4, -0.2) is 203 Å². The molecule has 28 heteroatoms. The lowest BCUT2D eigenvalue weighted by atomic mass is 9.89. The molecule has 12 rings (SSSR count). The van der Waals surface area contributed by atoms with Crippen molar-refractivity contribution in [2.24, 2.45) is 11.8 Å². The van der Waals surface area contributed by atoms with Gasteiger partial charge in [0.15, 0.2) is 82.7 Å². The molecule has 0 aliphatic carbocycles. The van der Waals surface area contributed by atoms with Gasteiger partial charge in [-0.15, -0.1) is 6.58 Å². The number of rotatable bonds is 25. The third-order valence-electron chi connectivity index (χ3n) is 20.4. The minimum absolute atomic E-state index is 0.0303. The van der Waals surface area contributed by atoms with Crippen molar-refractivity contribution in [2.45, 2.75) is 176 Å². The van der Waals surface area contributed by atoms with E-state index in [0.29, 0.717) is 22.6 Å². The molecular formula is C81H92O27Si. The van der Waals surface area contributed by atoms with Crippen LogP contribution < -0.4 is 9.47 Å². The van der Waals surface area contributed by atoms with Gasteiger partial charge in [0.2, 0.25) is 0 Å². The summed E-state index contributed by atoms with van der Waals surface area (Å²) in [6.07, 6.45) is -28.3. The number of carbonyl (C=O) groups excluding carboxylic acids is 6. The minimum Gasteiger partial charge on any atom is -0.497 e. The first-order chi connectivity index (χ1) is 52.5. The van der Waals surface area contributed by atoms with E-state index in [9.17, 15) is 19.2 Å². The van der Waals surface area contributed by atoms with E-state index < -0.39 is 184 Å². The number of ether oxygens (including phenoxy) is 20. The van der Waals surface area contributed by atoms with E-state index in [1.54, 1.807) is 148 Å². The molecule has 6 heterocycles. The van der Waals surface area contributed by atoms with Crippen molar-refractivity contribution in [1.82, 2.24) is 0 Å². The summed E-state index contributed by atoms with van der Waals surface area (Å²) in [6.45, 7) is 16.8. The summed E-state index contributed by atoms with van der Waals surface area (Å²) < 4.78 is 137. The highest BCUT2D eigenvalue weighted by molar-refractivity contribution is 6.74. The molecule has 27 nitrogen and oxygen atoms in total. The zero-order valence-corrected chi connectivity index (χ0v) is 63.3. The van der Waals surface area contributed by atoms with E-state index >= 15 is 9.59 Å². The standard InChI is InChI=1S/C81H92O27Si/c1-13-42-92-75-45(2)57(59-55(95-75)43-93-77(103-59)51-34-38-53(88-7)39-35-51)101-79-67(99-71(84)49-30-22-16-23-31-49)62(97-69(82)47-26-18-14-19-27-47)61(65(106-79)73(86)90-9)105-76-46(3)58(60-56(96-76)44-94-78(104-60)52-36-40-54(89-8)41-37-52)102-80-68(100-72(85)50-32-24-17-25-33-50)63(98-70(83)48-28-20-15-21-29-48)64(66(107-80)74(87)91-10)108-109(11,12)81(4,5)6/h13-41,45-46,55-68,75-80H,1,42-44H2,2-12H3/t45?,46?,55?,56?,57-,58-,59+,60+,61+,62+,63+,64+,65?,66?,67?,68?,75-,76+,77?,78?,79-,80-/m1/s1. The Kier molecular flexibility index (Phi) is 25.9. The lowest BCUT2D eigenvalue weighted by Crippen LogP contribution is -2.69. The van der Waals surface area contributed by atoms with Crippen LogP contribution in [0.1, 0.15) is 99.8 Å². The predicted molar refractivity (Wildman–Crippen MR) is 386 cm³/mol. The minimum atomic E-state index is -3.08. The first-order valence-electron chi connectivity index (χ1n) is 36.0. The normalized spacial score (nSPS) is 31.0. The molecule has 6 aromatic carbocycles. The number of hydrogen-bond donors (Lipinski definition) is 0. The number of esters is 6. The molecule has 6 aliphatic heterocycles. The van der Waals surface area contributed by atoms with E-state index in [1.165, 1.54) is 55.6 Å². The highest BCUT2D eigenvalue weighted by Gasteiger charge is 2.63. The average molecular weight is 1530 g/mol. The number of methoxy groups -OCH3 is 4. The van der Waals surface area contributed by atoms with Crippen molar-refractivity contribution < 1.29 is 128 Å². The first-order valence-corrected chi connectivity index (χ1v) is 38.9. The van der Waals surface area contributed by atoms with Gasteiger partial charge in [-0.25, -0.2) is 28.8 Å². The van der Waals surface area contributed by atoms with E-state index in [4.69, 9.17) is 99.2 Å². The lowest BCUT2D eigenvalue weighted by Gasteiger charge is -2.53. The van der Waals surface area contributed by atoms with Gasteiger partial charge in [0, 0.05) is 23.0 Å². The van der Waals surface area contributed by atoms with Gasteiger partial charge in [0.05, 0.1) is 82.7 Å². The molecule has 0 N–H and O–H groups in total. The molecule has 0 aromatic heterocycles. The van der Waals surface area contributed by atoms with Crippen LogP contribution >= 0.6 is 0 Å². The van der Waals surface area contributed by atoms with Crippen molar-refractivity contribution in [1.29, 1.82) is 0 Å². The Balaban J connectivity index is 0.977. The fourth-order valence-corrected chi connectivity index (χ4v) is 14.8. The number of fused-ring (bicyclic) bond motifs is 2. The molecule has 10 unspecified atom stereocenters. The average Bonchev–Trinajstić information content (AvgIpc) is 0.752. The fraction of sp³-hybridized carbons (Fsp3) is 0.457. The number of benzene rings is 6. The Bertz CT molecular complexity index is 4040. The molecule has 6 aromatic rings. The Morgan fingerprint density at radius 2 is 0.780 bits per heavy atom. The smallest absolute Gasteiger partial charge is 0.338 e. The summed E-state index contributed by atoms with van der Waals surface area (Å²) in [5.74, 6) is -6.60. The van der Waals surface area contributed by atoms with Crippen molar-refractivity contribution in [3.8, 4) is 11.5 Å². The summed E-state index contributed by atoms with van der Waals surface area (Å²) in [5.41, 5.74) is 1.42. The topological polar surface area (TPSA) is 296 Å². The van der Waals surface area contributed by atoms with Crippen molar-refractivity contribution in [3.63, 3.8) is 0 Å². The van der Waals surface area contributed by atoms with Gasteiger partial charge < -0.3 is 99.2 Å². The summed E-state index contributed by atoms with van der Waals surface area (Å²) in [5, 5.41) is -0.541. The SMILES string of the molecule is C=CCO[C@@H]1OC2COC(c3ccc(OC)cc3)O[C@@H]2[C@H](O[C@@H]2OC(C(=O)OC)[C@@H](O[C@@H]3OC4COC(c5ccc(OC)cc5)O[C@@H]4[C@H](O[C@@H]4OC(C(=O)OC)[C@@H](O[Si](C)(C)C(C)(C)C)[C@H](OC(=O)c5ccccc5)C4OC(=O)c4ccccc4)C3C)[C@H](OC(=O)c3ccccc3)C2OC(=O)c2ccccc2)C1C. The third-order valence-corrected chi connectivity index (χ3v) is 24.9. The molecule has 0 bridgehead atoms. The molecule has 109 heavy (non-hydrogen) atoms. The largest absolute Gasteiger partial charge is 0.497 e. The maximum Gasteiger partial charge on any atom is 0.338 e. The lowest BCUT2D eigenvalue weighted by molar-refractivity contribution is -0.402. The van der Waals surface area contributed by atoms with Crippen LogP contribution in [0.25, 0.3) is 0 Å². The molecule has 0 spiro atoms. The van der Waals surface area contributed by atoms with Crippen LogP contribution in [-0.2, 0) is 99.3 Å². The van der Waals surface area contributed by atoms with Gasteiger partial charge in [0.25, 0.3) is 0 Å². The molecule has 0 saturated carbocycles. The van der Waals surface area contributed by atoms with Gasteiger partial charge in [-0.05, 0) is 90.9 Å². The van der Waals surface area contributed by atoms with Gasteiger partial charge in [-0.2, -0.15) is 0 Å². The zero-order chi connectivity index (χ0) is 77.3. The van der Waals surface area contributed by atoms with E-state index in [2.05, 4.69) is 6.58 Å².